The Morgan fingerprint density at radius 1 is 1.32 bits per heavy atom. The minimum absolute atomic E-state index is 0.0519. The standard InChI is InChI=1S/C17H21F2NO2/c1-20-10-9-17(8-4-3-5-15(17)20)12-6-7-13(22-16(18)19)14(11-12)21-2/h4,6-8,11,15-16H,3,5,9-10H2,1-2H3/t15?,17-/m0/s1. The molecule has 22 heavy (non-hydrogen) atoms. The van der Waals surface area contributed by atoms with Crippen LogP contribution in [0, 0.1) is 0 Å². The third-order valence-electron chi connectivity index (χ3n) is 4.94. The first-order valence-corrected chi connectivity index (χ1v) is 7.58. The summed E-state index contributed by atoms with van der Waals surface area (Å²) in [7, 11) is 3.63. The topological polar surface area (TPSA) is 21.7 Å². The van der Waals surface area contributed by atoms with Crippen LogP contribution in [-0.2, 0) is 5.41 Å². The molecule has 0 N–H and O–H groups in total. The molecule has 0 saturated carbocycles. The maximum atomic E-state index is 12.5. The zero-order valence-electron chi connectivity index (χ0n) is 12.9. The number of allylic oxidation sites excluding steroid dienone is 1. The largest absolute Gasteiger partial charge is 0.493 e. The number of ether oxygens (including phenoxy) is 2. The van der Waals surface area contributed by atoms with Crippen molar-refractivity contribution in [2.75, 3.05) is 20.7 Å². The summed E-state index contributed by atoms with van der Waals surface area (Å²) >= 11 is 0. The Morgan fingerprint density at radius 3 is 2.86 bits per heavy atom. The van der Waals surface area contributed by atoms with E-state index in [1.54, 1.807) is 6.07 Å². The normalized spacial score (nSPS) is 28.0. The van der Waals surface area contributed by atoms with E-state index in [1.165, 1.54) is 7.11 Å². The van der Waals surface area contributed by atoms with Crippen LogP contribution in [0.15, 0.2) is 30.4 Å². The molecule has 1 saturated heterocycles. The van der Waals surface area contributed by atoms with Crippen LogP contribution in [0.4, 0.5) is 8.78 Å². The third kappa shape index (κ3) is 2.47. The molecule has 1 aromatic rings. The molecule has 0 radical (unpaired) electrons. The molecule has 1 unspecified atom stereocenters. The molecule has 1 aromatic carbocycles. The second kappa shape index (κ2) is 5.88. The number of rotatable bonds is 4. The van der Waals surface area contributed by atoms with Crippen LogP contribution >= 0.6 is 0 Å². The molecule has 3 rings (SSSR count). The number of hydrogen-bond donors (Lipinski definition) is 0. The fourth-order valence-corrected chi connectivity index (χ4v) is 3.88. The van der Waals surface area contributed by atoms with Gasteiger partial charge in [-0.15, -0.1) is 0 Å². The van der Waals surface area contributed by atoms with Gasteiger partial charge in [-0.3, -0.25) is 0 Å². The van der Waals surface area contributed by atoms with Gasteiger partial charge in [-0.05, 0) is 50.6 Å². The van der Waals surface area contributed by atoms with Gasteiger partial charge in [-0.1, -0.05) is 18.2 Å². The minimum atomic E-state index is -2.85. The summed E-state index contributed by atoms with van der Waals surface area (Å²) in [6, 6.07) is 5.78. The van der Waals surface area contributed by atoms with Crippen molar-refractivity contribution in [3.63, 3.8) is 0 Å². The van der Waals surface area contributed by atoms with E-state index in [1.807, 2.05) is 12.1 Å². The van der Waals surface area contributed by atoms with Gasteiger partial charge in [0.2, 0.25) is 0 Å². The number of halogens is 2. The van der Waals surface area contributed by atoms with Gasteiger partial charge in [0.1, 0.15) is 0 Å². The summed E-state index contributed by atoms with van der Waals surface area (Å²) in [6.45, 7) is -1.81. The first kappa shape index (κ1) is 15.3. The molecule has 0 amide bonds. The average molecular weight is 309 g/mol. The third-order valence-corrected chi connectivity index (χ3v) is 4.94. The van der Waals surface area contributed by atoms with E-state index in [0.29, 0.717) is 11.8 Å². The molecular formula is C17H21F2NO2. The fourth-order valence-electron chi connectivity index (χ4n) is 3.88. The SMILES string of the molecule is COc1cc([C@@]23C=CCCC2N(C)CC3)ccc1OC(F)F. The highest BCUT2D eigenvalue weighted by Crippen LogP contribution is 2.47. The molecule has 3 nitrogen and oxygen atoms in total. The number of nitrogens with zero attached hydrogens (tertiary/aromatic N) is 1. The molecule has 0 aromatic heterocycles. The lowest BCUT2D eigenvalue weighted by Gasteiger charge is -2.38. The molecule has 2 aliphatic rings. The predicted octanol–water partition coefficient (Wildman–Crippen LogP) is 3.59. The van der Waals surface area contributed by atoms with Crippen molar-refractivity contribution in [3.05, 3.63) is 35.9 Å². The summed E-state index contributed by atoms with van der Waals surface area (Å²) in [4.78, 5) is 2.39. The highest BCUT2D eigenvalue weighted by atomic mass is 19.3. The molecule has 1 aliphatic carbocycles. The summed E-state index contributed by atoms with van der Waals surface area (Å²) in [5, 5.41) is 0. The fraction of sp³-hybridized carbons (Fsp3) is 0.529. The van der Waals surface area contributed by atoms with E-state index < -0.39 is 6.61 Å². The van der Waals surface area contributed by atoms with Crippen molar-refractivity contribution in [2.45, 2.75) is 37.3 Å². The van der Waals surface area contributed by atoms with Crippen molar-refractivity contribution in [2.24, 2.45) is 0 Å². The zero-order chi connectivity index (χ0) is 15.7. The van der Waals surface area contributed by atoms with Gasteiger partial charge >= 0.3 is 6.61 Å². The number of likely N-dealkylation sites (N-methyl/N-ethyl adjacent to an activating group) is 1. The first-order valence-electron chi connectivity index (χ1n) is 7.58. The van der Waals surface area contributed by atoms with E-state index in [4.69, 9.17) is 4.74 Å². The Bertz CT molecular complexity index is 576. The maximum absolute atomic E-state index is 12.5. The average Bonchev–Trinajstić information content (AvgIpc) is 2.86. The summed E-state index contributed by atoms with van der Waals surface area (Å²) < 4.78 is 34.7. The quantitative estimate of drug-likeness (QED) is 0.793. The monoisotopic (exact) mass is 309 g/mol. The van der Waals surface area contributed by atoms with Crippen LogP contribution in [0.3, 0.4) is 0 Å². The van der Waals surface area contributed by atoms with Crippen LogP contribution < -0.4 is 9.47 Å². The Labute approximate surface area is 129 Å². The molecule has 0 bridgehead atoms. The predicted molar refractivity (Wildman–Crippen MR) is 80.7 cm³/mol. The van der Waals surface area contributed by atoms with Crippen molar-refractivity contribution < 1.29 is 18.3 Å². The van der Waals surface area contributed by atoms with Crippen LogP contribution in [0.5, 0.6) is 11.5 Å². The lowest BCUT2D eigenvalue weighted by Crippen LogP contribution is -2.41. The Hall–Kier alpha value is -1.62. The number of benzene rings is 1. The molecule has 2 atom stereocenters. The van der Waals surface area contributed by atoms with E-state index in [-0.39, 0.29) is 11.2 Å². The second-order valence-electron chi connectivity index (χ2n) is 6.01. The van der Waals surface area contributed by atoms with Crippen molar-refractivity contribution >= 4 is 0 Å². The minimum Gasteiger partial charge on any atom is -0.493 e. The van der Waals surface area contributed by atoms with Gasteiger partial charge in [0, 0.05) is 11.5 Å². The molecule has 1 heterocycles. The van der Waals surface area contributed by atoms with Crippen LogP contribution in [0.25, 0.3) is 0 Å². The summed E-state index contributed by atoms with van der Waals surface area (Å²) in [6.07, 6.45) is 7.74. The second-order valence-corrected chi connectivity index (χ2v) is 6.01. The molecule has 5 heteroatoms. The van der Waals surface area contributed by atoms with Gasteiger partial charge in [-0.25, -0.2) is 0 Å². The van der Waals surface area contributed by atoms with Crippen LogP contribution in [0.2, 0.25) is 0 Å². The summed E-state index contributed by atoms with van der Waals surface area (Å²) in [5.74, 6) is 0.444. The van der Waals surface area contributed by atoms with E-state index in [9.17, 15) is 8.78 Å². The maximum Gasteiger partial charge on any atom is 0.387 e. The van der Waals surface area contributed by atoms with Gasteiger partial charge in [0.05, 0.1) is 7.11 Å². The smallest absolute Gasteiger partial charge is 0.387 e. The molecule has 1 aliphatic heterocycles. The highest BCUT2D eigenvalue weighted by Gasteiger charge is 2.46. The van der Waals surface area contributed by atoms with Crippen molar-refractivity contribution in [1.29, 1.82) is 0 Å². The molecular weight excluding hydrogens is 288 g/mol. The number of fused-ring (bicyclic) bond motifs is 1. The van der Waals surface area contributed by atoms with Crippen LogP contribution in [0.1, 0.15) is 24.8 Å². The Morgan fingerprint density at radius 2 is 2.14 bits per heavy atom. The molecule has 120 valence electrons. The molecule has 1 fully saturated rings. The number of alkyl halides is 2. The Balaban J connectivity index is 2.00. The Kier molecular flexibility index (Phi) is 4.08. The number of likely N-dealkylation sites (tertiary alicyclic amines) is 1. The van der Waals surface area contributed by atoms with Crippen molar-refractivity contribution in [3.8, 4) is 11.5 Å². The highest BCUT2D eigenvalue weighted by molar-refractivity contribution is 5.48. The van der Waals surface area contributed by atoms with Crippen molar-refractivity contribution in [1.82, 2.24) is 4.90 Å². The number of hydrogen-bond acceptors (Lipinski definition) is 3. The van der Waals surface area contributed by atoms with Gasteiger partial charge in [-0.2, -0.15) is 8.78 Å². The molecule has 0 spiro atoms. The summed E-state index contributed by atoms with van der Waals surface area (Å²) in [5.41, 5.74) is 1.06. The van der Waals surface area contributed by atoms with E-state index >= 15 is 0 Å². The number of methoxy groups -OCH3 is 1. The van der Waals surface area contributed by atoms with E-state index in [0.717, 1.165) is 31.4 Å². The van der Waals surface area contributed by atoms with Crippen LogP contribution in [-0.4, -0.2) is 38.3 Å². The lowest BCUT2D eigenvalue weighted by molar-refractivity contribution is -0.0512. The lowest BCUT2D eigenvalue weighted by atomic mass is 9.70. The first-order chi connectivity index (χ1) is 10.6. The van der Waals surface area contributed by atoms with Gasteiger partial charge in [0.15, 0.2) is 11.5 Å². The van der Waals surface area contributed by atoms with Gasteiger partial charge in [0.25, 0.3) is 0 Å². The van der Waals surface area contributed by atoms with E-state index in [2.05, 4.69) is 28.8 Å². The zero-order valence-corrected chi connectivity index (χ0v) is 12.9. The van der Waals surface area contributed by atoms with Gasteiger partial charge < -0.3 is 14.4 Å².